The van der Waals surface area contributed by atoms with Gasteiger partial charge < -0.3 is 0 Å². The molecule has 92 valence electrons. The Labute approximate surface area is 105 Å². The van der Waals surface area contributed by atoms with Crippen molar-refractivity contribution < 1.29 is 13.3 Å². The molecule has 0 spiro atoms. The van der Waals surface area contributed by atoms with Gasteiger partial charge in [0.05, 0.1) is 15.5 Å². The van der Waals surface area contributed by atoms with Crippen LogP contribution in [-0.2, 0) is 14.7 Å². The average molecular weight is 261 g/mol. The van der Waals surface area contributed by atoms with E-state index < -0.39 is 9.84 Å². The molecule has 0 radical (unpaired) electrons. The maximum atomic E-state index is 12.5. The van der Waals surface area contributed by atoms with Crippen LogP contribution in [0.2, 0.25) is 0 Å². The van der Waals surface area contributed by atoms with Gasteiger partial charge in [0.2, 0.25) is 9.84 Å². The van der Waals surface area contributed by atoms with Crippen LogP contribution in [0.3, 0.4) is 0 Å². The Morgan fingerprint density at radius 1 is 0.944 bits per heavy atom. The van der Waals surface area contributed by atoms with Crippen LogP contribution >= 0.6 is 0 Å². The van der Waals surface area contributed by atoms with Crippen LogP contribution in [-0.4, -0.2) is 15.1 Å². The number of hydrogen-bond acceptors (Lipinski definition) is 4. The molecule has 0 saturated carbocycles. The van der Waals surface area contributed by atoms with Gasteiger partial charge in [0, 0.05) is 0 Å². The lowest BCUT2D eigenvalue weighted by Gasteiger charge is -2.09. The van der Waals surface area contributed by atoms with Crippen molar-refractivity contribution in [3.8, 4) is 0 Å². The first kappa shape index (κ1) is 11.3. The molecule has 2 aromatic rings. The van der Waals surface area contributed by atoms with Crippen molar-refractivity contribution in [3.05, 3.63) is 54.6 Å². The van der Waals surface area contributed by atoms with Crippen LogP contribution in [0.25, 0.3) is 0 Å². The predicted octanol–water partition coefficient (Wildman–Crippen LogP) is 2.23. The van der Waals surface area contributed by atoms with Gasteiger partial charge in [-0.3, -0.25) is 0 Å². The molecule has 5 heteroatoms. The van der Waals surface area contributed by atoms with Gasteiger partial charge in [-0.1, -0.05) is 30.3 Å². The Balaban J connectivity index is 2.15. The van der Waals surface area contributed by atoms with Crippen LogP contribution in [0.1, 0.15) is 0 Å². The van der Waals surface area contributed by atoms with Gasteiger partial charge >= 0.3 is 0 Å². The van der Waals surface area contributed by atoms with E-state index in [9.17, 15) is 8.42 Å². The Kier molecular flexibility index (Phi) is 2.57. The van der Waals surface area contributed by atoms with Crippen molar-refractivity contribution in [3.63, 3.8) is 0 Å². The van der Waals surface area contributed by atoms with Gasteiger partial charge in [-0.2, -0.15) is 0 Å². The van der Waals surface area contributed by atoms with E-state index in [4.69, 9.17) is 4.84 Å². The van der Waals surface area contributed by atoms with Crippen molar-refractivity contribution in [2.75, 3.05) is 11.8 Å². The van der Waals surface area contributed by atoms with Crippen molar-refractivity contribution in [2.24, 2.45) is 0 Å². The lowest BCUT2D eigenvalue weighted by molar-refractivity contribution is 0.450. The first-order valence-corrected chi connectivity index (χ1v) is 6.97. The highest BCUT2D eigenvalue weighted by molar-refractivity contribution is 7.91. The fourth-order valence-electron chi connectivity index (χ4n) is 1.79. The highest BCUT2D eigenvalue weighted by Crippen LogP contribution is 2.33. The van der Waals surface area contributed by atoms with E-state index in [1.807, 2.05) is 0 Å². The second-order valence-electron chi connectivity index (χ2n) is 3.92. The molecule has 1 aliphatic heterocycles. The SMILES string of the molecule is O=S(=O)(c1ccccc1)c1ccccc1N1CO1. The first-order chi connectivity index (χ1) is 8.69. The fraction of sp³-hybridized carbons (Fsp3) is 0.0769. The van der Waals surface area contributed by atoms with Crippen LogP contribution in [0.4, 0.5) is 5.69 Å². The van der Waals surface area contributed by atoms with Crippen molar-refractivity contribution in [2.45, 2.75) is 9.79 Å². The van der Waals surface area contributed by atoms with Gasteiger partial charge in [0.1, 0.15) is 0 Å². The van der Waals surface area contributed by atoms with Crippen molar-refractivity contribution in [1.29, 1.82) is 0 Å². The lowest BCUT2D eigenvalue weighted by Crippen LogP contribution is -2.06. The highest BCUT2D eigenvalue weighted by Gasteiger charge is 2.29. The quantitative estimate of drug-likeness (QED) is 0.795. The number of hydrogen-bond donors (Lipinski definition) is 0. The molecular formula is C13H11NO3S. The molecule has 0 aliphatic carbocycles. The molecule has 0 aromatic heterocycles. The lowest BCUT2D eigenvalue weighted by atomic mass is 10.3. The minimum absolute atomic E-state index is 0.272. The van der Waals surface area contributed by atoms with Gasteiger partial charge in [-0.05, 0) is 24.3 Å². The van der Waals surface area contributed by atoms with Crippen molar-refractivity contribution >= 4 is 15.5 Å². The summed E-state index contributed by atoms with van der Waals surface area (Å²) < 4.78 is 25.0. The molecule has 1 saturated heterocycles. The topological polar surface area (TPSA) is 49.7 Å². The fourth-order valence-corrected chi connectivity index (χ4v) is 3.26. The van der Waals surface area contributed by atoms with Crippen LogP contribution in [0.15, 0.2) is 64.4 Å². The van der Waals surface area contributed by atoms with E-state index in [2.05, 4.69) is 0 Å². The van der Waals surface area contributed by atoms with Crippen LogP contribution < -0.4 is 5.06 Å². The zero-order valence-corrected chi connectivity index (χ0v) is 10.3. The Morgan fingerprint density at radius 2 is 1.56 bits per heavy atom. The smallest absolute Gasteiger partial charge is 0.208 e. The highest BCUT2D eigenvalue weighted by atomic mass is 32.2. The number of benzene rings is 2. The summed E-state index contributed by atoms with van der Waals surface area (Å²) in [6, 6.07) is 15.2. The van der Waals surface area contributed by atoms with E-state index in [1.165, 1.54) is 0 Å². The molecule has 0 N–H and O–H groups in total. The maximum Gasteiger partial charge on any atom is 0.208 e. The molecular weight excluding hydrogens is 250 g/mol. The molecule has 2 aromatic carbocycles. The molecule has 0 amide bonds. The minimum Gasteiger partial charge on any atom is -0.247 e. The zero-order valence-electron chi connectivity index (χ0n) is 9.48. The Hall–Kier alpha value is -1.85. The van der Waals surface area contributed by atoms with Gasteiger partial charge in [0.15, 0.2) is 6.73 Å². The van der Waals surface area contributed by atoms with Gasteiger partial charge in [-0.15, -0.1) is 0 Å². The standard InChI is InChI=1S/C13H11NO3S/c15-18(16,11-6-2-1-3-7-11)13-9-5-4-8-12(13)14-10-17-14/h1-9H,10H2. The monoisotopic (exact) mass is 261 g/mol. The van der Waals surface area contributed by atoms with Gasteiger partial charge in [-0.25, -0.2) is 18.3 Å². The molecule has 1 heterocycles. The number of anilines is 1. The third kappa shape index (κ3) is 1.87. The third-order valence-electron chi connectivity index (χ3n) is 2.74. The molecule has 0 bridgehead atoms. The molecule has 3 rings (SSSR count). The van der Waals surface area contributed by atoms with Crippen molar-refractivity contribution in [1.82, 2.24) is 0 Å². The number of sulfone groups is 1. The largest absolute Gasteiger partial charge is 0.247 e. The average Bonchev–Trinajstić information content (AvgIpc) is 3.24. The molecule has 0 unspecified atom stereocenters. The Bertz CT molecular complexity index is 664. The predicted molar refractivity (Wildman–Crippen MR) is 66.8 cm³/mol. The molecule has 0 atom stereocenters. The maximum absolute atomic E-state index is 12.5. The summed E-state index contributed by atoms with van der Waals surface area (Å²) in [6.45, 7) is 0.432. The molecule has 18 heavy (non-hydrogen) atoms. The number of hydroxylamine groups is 1. The summed E-state index contributed by atoms with van der Waals surface area (Å²) in [4.78, 5) is 5.60. The minimum atomic E-state index is -3.50. The number of para-hydroxylation sites is 1. The molecule has 1 fully saturated rings. The second-order valence-corrected chi connectivity index (χ2v) is 5.84. The molecule has 1 aliphatic rings. The van der Waals surface area contributed by atoms with E-state index >= 15 is 0 Å². The summed E-state index contributed by atoms with van der Waals surface area (Å²) in [7, 11) is -3.50. The van der Waals surface area contributed by atoms with E-state index in [0.29, 0.717) is 17.3 Å². The summed E-state index contributed by atoms with van der Waals surface area (Å²) in [5, 5.41) is 1.55. The van der Waals surface area contributed by atoms with E-state index in [-0.39, 0.29) is 4.90 Å². The first-order valence-electron chi connectivity index (χ1n) is 5.49. The summed E-state index contributed by atoms with van der Waals surface area (Å²) in [6.07, 6.45) is 0. The Morgan fingerprint density at radius 3 is 2.22 bits per heavy atom. The van der Waals surface area contributed by atoms with E-state index in [1.54, 1.807) is 59.7 Å². The number of rotatable bonds is 3. The zero-order chi connectivity index (χ0) is 12.6. The van der Waals surface area contributed by atoms with Crippen LogP contribution in [0, 0.1) is 0 Å². The summed E-state index contributed by atoms with van der Waals surface area (Å²) in [5.74, 6) is 0. The second kappa shape index (κ2) is 4.12. The normalized spacial score (nSPS) is 14.6. The van der Waals surface area contributed by atoms with Crippen LogP contribution in [0.5, 0.6) is 0 Å². The van der Waals surface area contributed by atoms with Gasteiger partial charge in [0.25, 0.3) is 0 Å². The summed E-state index contributed by atoms with van der Waals surface area (Å²) >= 11 is 0. The number of nitrogens with zero attached hydrogens (tertiary/aromatic N) is 1. The van der Waals surface area contributed by atoms with E-state index in [0.717, 1.165) is 0 Å². The molecule has 4 nitrogen and oxygen atoms in total. The summed E-state index contributed by atoms with van der Waals surface area (Å²) in [5.41, 5.74) is 0.585. The third-order valence-corrected chi connectivity index (χ3v) is 4.55.